The quantitative estimate of drug-likeness (QED) is 0.554. The number of carbonyl (C=O) groups excluding carboxylic acids is 1. The molecule has 0 heterocycles. The van der Waals surface area contributed by atoms with Gasteiger partial charge in [0.25, 0.3) is 0 Å². The summed E-state index contributed by atoms with van der Waals surface area (Å²) < 4.78 is 41.5. The van der Waals surface area contributed by atoms with Crippen LogP contribution in [0.15, 0.2) is 24.3 Å². The van der Waals surface area contributed by atoms with E-state index in [-0.39, 0.29) is 17.5 Å². The number of alkyl halides is 5. The van der Waals surface area contributed by atoms with E-state index >= 15 is 0 Å². The van der Waals surface area contributed by atoms with E-state index < -0.39 is 22.0 Å². The van der Waals surface area contributed by atoms with Gasteiger partial charge >= 0.3 is 12.1 Å². The van der Waals surface area contributed by atoms with Crippen molar-refractivity contribution in [2.45, 2.75) is 17.4 Å². The van der Waals surface area contributed by atoms with Crippen molar-refractivity contribution in [2.75, 3.05) is 11.9 Å². The van der Waals surface area contributed by atoms with Gasteiger partial charge in [0.1, 0.15) is 0 Å². The third-order valence-corrected chi connectivity index (χ3v) is 5.09. The van der Waals surface area contributed by atoms with Gasteiger partial charge in [-0.05, 0) is 24.6 Å². The molecule has 106 valence electrons. The summed E-state index contributed by atoms with van der Waals surface area (Å²) in [5.74, 6) is -0.633. The summed E-state index contributed by atoms with van der Waals surface area (Å²) in [4.78, 5) is 11.9. The zero-order chi connectivity index (χ0) is 14.7. The number of hydrogen-bond donors (Lipinski definition) is 0. The molecule has 0 aliphatic rings. The van der Waals surface area contributed by atoms with Crippen LogP contribution in [0.25, 0.3) is 0 Å². The second-order valence-corrected chi connectivity index (χ2v) is 5.65. The summed E-state index contributed by atoms with van der Waals surface area (Å²) in [7, 11) is 0. The van der Waals surface area contributed by atoms with Crippen molar-refractivity contribution in [3.8, 4) is 0 Å². The lowest BCUT2D eigenvalue weighted by Crippen LogP contribution is -2.33. The maximum atomic E-state index is 12.7. The van der Waals surface area contributed by atoms with Crippen LogP contribution >= 0.6 is 31.9 Å². The SMILES string of the molecule is CCOC(=O)C(Br)(CBr)c1cccc(C(F)(F)F)c1. The number of ether oxygens (including phenoxy) is 1. The maximum Gasteiger partial charge on any atom is 0.416 e. The molecule has 2 nitrogen and oxygen atoms in total. The van der Waals surface area contributed by atoms with E-state index in [0.29, 0.717) is 0 Å². The fourth-order valence-electron chi connectivity index (χ4n) is 1.44. The summed E-state index contributed by atoms with van der Waals surface area (Å²) in [5.41, 5.74) is -0.614. The Bertz CT molecular complexity index is 463. The smallest absolute Gasteiger partial charge is 0.416 e. The van der Waals surface area contributed by atoms with Crippen LogP contribution in [0.3, 0.4) is 0 Å². The van der Waals surface area contributed by atoms with Crippen molar-refractivity contribution < 1.29 is 22.7 Å². The van der Waals surface area contributed by atoms with E-state index in [1.807, 2.05) is 0 Å². The fourth-order valence-corrected chi connectivity index (χ4v) is 2.35. The van der Waals surface area contributed by atoms with Gasteiger partial charge in [-0.15, -0.1) is 0 Å². The summed E-state index contributed by atoms with van der Waals surface area (Å²) in [5, 5.41) is 0.0974. The van der Waals surface area contributed by atoms with Crippen molar-refractivity contribution in [1.82, 2.24) is 0 Å². The van der Waals surface area contributed by atoms with Crippen LogP contribution in [-0.2, 0) is 20.0 Å². The average Bonchev–Trinajstić information content (AvgIpc) is 2.37. The Morgan fingerprint density at radius 2 is 1.89 bits per heavy atom. The van der Waals surface area contributed by atoms with Crippen molar-refractivity contribution in [2.24, 2.45) is 0 Å². The second kappa shape index (κ2) is 6.26. The molecule has 19 heavy (non-hydrogen) atoms. The third-order valence-electron chi connectivity index (χ3n) is 2.43. The molecule has 0 fully saturated rings. The molecule has 1 aromatic rings. The predicted molar refractivity (Wildman–Crippen MR) is 72.5 cm³/mol. The summed E-state index contributed by atoms with van der Waals surface area (Å²) in [6.07, 6.45) is -4.45. The summed E-state index contributed by atoms with van der Waals surface area (Å²) in [6, 6.07) is 4.60. The molecule has 0 radical (unpaired) electrons. The van der Waals surface area contributed by atoms with Crippen LogP contribution in [0, 0.1) is 0 Å². The highest BCUT2D eigenvalue weighted by Gasteiger charge is 2.40. The molecule has 7 heteroatoms. The van der Waals surface area contributed by atoms with Gasteiger partial charge in [0, 0.05) is 5.33 Å². The van der Waals surface area contributed by atoms with E-state index in [0.717, 1.165) is 12.1 Å². The lowest BCUT2D eigenvalue weighted by molar-refractivity contribution is -0.145. The number of rotatable bonds is 4. The molecule has 0 aliphatic carbocycles. The van der Waals surface area contributed by atoms with Gasteiger partial charge in [0.05, 0.1) is 12.2 Å². The minimum absolute atomic E-state index is 0.0974. The standard InChI is InChI=1S/C12H11Br2F3O2/c1-2-19-10(18)11(14,7-13)8-4-3-5-9(6-8)12(15,16)17/h3-6H,2,7H2,1H3. The Hall–Kier alpha value is -0.560. The second-order valence-electron chi connectivity index (χ2n) is 3.73. The summed E-state index contributed by atoms with van der Waals surface area (Å²) >= 11 is 6.30. The van der Waals surface area contributed by atoms with Gasteiger partial charge in [-0.1, -0.05) is 44.0 Å². The van der Waals surface area contributed by atoms with Crippen molar-refractivity contribution in [1.29, 1.82) is 0 Å². The Kier molecular flexibility index (Phi) is 5.43. The first-order chi connectivity index (χ1) is 8.75. The van der Waals surface area contributed by atoms with E-state index in [1.165, 1.54) is 12.1 Å². The first-order valence-electron chi connectivity index (χ1n) is 5.35. The fraction of sp³-hybridized carbons (Fsp3) is 0.417. The van der Waals surface area contributed by atoms with Crippen LogP contribution in [0.2, 0.25) is 0 Å². The molecule has 0 bridgehead atoms. The number of halogens is 5. The number of hydrogen-bond acceptors (Lipinski definition) is 2. The largest absolute Gasteiger partial charge is 0.465 e. The van der Waals surface area contributed by atoms with Crippen LogP contribution in [-0.4, -0.2) is 17.9 Å². The minimum Gasteiger partial charge on any atom is -0.465 e. The third kappa shape index (κ3) is 3.72. The molecule has 1 unspecified atom stereocenters. The van der Waals surface area contributed by atoms with E-state index in [4.69, 9.17) is 4.74 Å². The van der Waals surface area contributed by atoms with Gasteiger partial charge in [-0.25, -0.2) is 0 Å². The normalized spacial score (nSPS) is 14.8. The molecule has 0 spiro atoms. The highest BCUT2D eigenvalue weighted by Crippen LogP contribution is 2.38. The molecule has 0 amide bonds. The first kappa shape index (κ1) is 16.5. The Balaban J connectivity index is 3.22. The van der Waals surface area contributed by atoms with Crippen molar-refractivity contribution in [3.63, 3.8) is 0 Å². The zero-order valence-electron chi connectivity index (χ0n) is 9.93. The monoisotopic (exact) mass is 402 g/mol. The molecular formula is C12H11Br2F3O2. The van der Waals surface area contributed by atoms with Gasteiger partial charge in [-0.2, -0.15) is 13.2 Å². The van der Waals surface area contributed by atoms with Gasteiger partial charge in [0.2, 0.25) is 0 Å². The molecule has 1 atom stereocenters. The predicted octanol–water partition coefficient (Wildman–Crippen LogP) is 4.25. The molecule has 0 saturated heterocycles. The van der Waals surface area contributed by atoms with E-state index in [1.54, 1.807) is 6.92 Å². The highest BCUT2D eigenvalue weighted by atomic mass is 79.9. The van der Waals surface area contributed by atoms with Gasteiger partial charge in [0.15, 0.2) is 4.32 Å². The van der Waals surface area contributed by atoms with Crippen LogP contribution in [0.4, 0.5) is 13.2 Å². The van der Waals surface area contributed by atoms with Crippen molar-refractivity contribution >= 4 is 37.8 Å². The number of carbonyl (C=O) groups is 1. The molecule has 0 N–H and O–H groups in total. The average molecular weight is 404 g/mol. The lowest BCUT2D eigenvalue weighted by Gasteiger charge is -2.24. The lowest BCUT2D eigenvalue weighted by atomic mass is 9.98. The van der Waals surface area contributed by atoms with Crippen LogP contribution in [0.1, 0.15) is 18.1 Å². The minimum atomic E-state index is -4.45. The van der Waals surface area contributed by atoms with Gasteiger partial charge < -0.3 is 4.74 Å². The Labute approximate surface area is 125 Å². The van der Waals surface area contributed by atoms with Gasteiger partial charge in [-0.3, -0.25) is 4.79 Å². The Morgan fingerprint density at radius 1 is 1.32 bits per heavy atom. The molecule has 0 saturated carbocycles. The molecular weight excluding hydrogens is 393 g/mol. The number of benzene rings is 1. The van der Waals surface area contributed by atoms with E-state index in [2.05, 4.69) is 31.9 Å². The maximum absolute atomic E-state index is 12.7. The van der Waals surface area contributed by atoms with Crippen molar-refractivity contribution in [3.05, 3.63) is 35.4 Å². The van der Waals surface area contributed by atoms with Crippen LogP contribution < -0.4 is 0 Å². The van der Waals surface area contributed by atoms with Crippen LogP contribution in [0.5, 0.6) is 0 Å². The topological polar surface area (TPSA) is 26.3 Å². The first-order valence-corrected chi connectivity index (χ1v) is 7.27. The molecule has 0 aliphatic heterocycles. The molecule has 1 rings (SSSR count). The highest BCUT2D eigenvalue weighted by molar-refractivity contribution is 9.12. The number of esters is 1. The Morgan fingerprint density at radius 3 is 2.37 bits per heavy atom. The summed E-state index contributed by atoms with van der Waals surface area (Å²) in [6.45, 7) is 1.78. The zero-order valence-corrected chi connectivity index (χ0v) is 13.1. The van der Waals surface area contributed by atoms with E-state index in [9.17, 15) is 18.0 Å². The molecule has 0 aromatic heterocycles. The molecule has 1 aromatic carbocycles.